The molecule has 8 nitrogen and oxygen atoms in total. The normalized spacial score (nSPS) is 28.1. The third-order valence-corrected chi connectivity index (χ3v) is 6.35. The minimum Gasteiger partial charge on any atom is -0.462 e. The van der Waals surface area contributed by atoms with E-state index in [2.05, 4.69) is 0 Å². The third-order valence-electron chi connectivity index (χ3n) is 4.57. The Morgan fingerprint density at radius 2 is 1.43 bits per heavy atom. The number of aliphatic hydroxyl groups is 4. The summed E-state index contributed by atoms with van der Waals surface area (Å²) in [5, 5.41) is 38.8. The van der Waals surface area contributed by atoms with Crippen LogP contribution in [0.4, 0.5) is 0 Å². The fraction of sp³-hybridized carbons (Fsp3) is 0.368. The summed E-state index contributed by atoms with van der Waals surface area (Å²) in [5.74, 6) is 0.187. The van der Waals surface area contributed by atoms with Crippen molar-refractivity contribution in [3.05, 3.63) is 54.1 Å². The van der Waals surface area contributed by atoms with Crippen LogP contribution in [-0.2, 0) is 14.6 Å². The van der Waals surface area contributed by atoms with Gasteiger partial charge in [0, 0.05) is 0 Å². The van der Waals surface area contributed by atoms with Crippen molar-refractivity contribution >= 4 is 9.84 Å². The quantitative estimate of drug-likeness (QED) is 0.542. The molecule has 9 heteroatoms. The van der Waals surface area contributed by atoms with Gasteiger partial charge in [0.15, 0.2) is 0 Å². The minimum atomic E-state index is -3.69. The minimum absolute atomic E-state index is 0.0671. The van der Waals surface area contributed by atoms with Crippen LogP contribution in [0.3, 0.4) is 0 Å². The lowest BCUT2D eigenvalue weighted by atomic mass is 9.99. The number of aryl methyl sites for hydroxylation is 1. The molecule has 0 amide bonds. The van der Waals surface area contributed by atoms with Crippen LogP contribution in [0.1, 0.15) is 5.56 Å². The van der Waals surface area contributed by atoms with E-state index in [0.29, 0.717) is 0 Å². The van der Waals surface area contributed by atoms with Gasteiger partial charge in [0.05, 0.1) is 16.4 Å². The predicted octanol–water partition coefficient (Wildman–Crippen LogP) is 0.00652. The van der Waals surface area contributed by atoms with Crippen molar-refractivity contribution in [3.8, 4) is 5.75 Å². The number of hydrogen-bond acceptors (Lipinski definition) is 8. The van der Waals surface area contributed by atoms with Gasteiger partial charge in [-0.15, -0.1) is 0 Å². The van der Waals surface area contributed by atoms with Crippen molar-refractivity contribution in [1.29, 1.82) is 0 Å². The van der Waals surface area contributed by atoms with E-state index in [1.807, 2.05) is 6.92 Å². The fourth-order valence-electron chi connectivity index (χ4n) is 2.85. The van der Waals surface area contributed by atoms with Gasteiger partial charge >= 0.3 is 0 Å². The maximum absolute atomic E-state index is 12.7. The van der Waals surface area contributed by atoms with Crippen molar-refractivity contribution in [2.24, 2.45) is 0 Å². The van der Waals surface area contributed by atoms with Crippen LogP contribution < -0.4 is 4.74 Å². The first-order chi connectivity index (χ1) is 13.2. The summed E-state index contributed by atoms with van der Waals surface area (Å²) in [6, 6.07) is 12.0. The highest BCUT2D eigenvalue weighted by Crippen LogP contribution is 2.27. The zero-order valence-electron chi connectivity index (χ0n) is 15.0. The average Bonchev–Trinajstić information content (AvgIpc) is 2.69. The zero-order valence-corrected chi connectivity index (χ0v) is 15.9. The molecule has 1 heterocycles. The molecule has 1 aliphatic rings. The molecule has 0 bridgehead atoms. The molecule has 5 atom stereocenters. The monoisotopic (exact) mass is 410 g/mol. The summed E-state index contributed by atoms with van der Waals surface area (Å²) >= 11 is 0. The standard InChI is InChI=1S/C19H22O8S/c1-11-2-6-13(7-3-11)28(24,25)14-8-4-12(5-9-14)26-19-18(23)17(22)16(21)15(10-20)27-19/h2-9,15-23H,10H2,1H3/t15-,16-,17+,18-,19+/m1/s1. The Morgan fingerprint density at radius 3 is 1.96 bits per heavy atom. The Labute approximate surface area is 162 Å². The maximum atomic E-state index is 12.7. The Hall–Kier alpha value is -2.01. The molecule has 2 aromatic rings. The van der Waals surface area contributed by atoms with Crippen LogP contribution in [-0.4, -0.2) is 66.2 Å². The van der Waals surface area contributed by atoms with Crippen LogP contribution in [0.15, 0.2) is 58.3 Å². The third kappa shape index (κ3) is 4.04. The maximum Gasteiger partial charge on any atom is 0.229 e. The molecule has 1 aliphatic heterocycles. The summed E-state index contributed by atoms with van der Waals surface area (Å²) in [7, 11) is -3.69. The zero-order chi connectivity index (χ0) is 20.5. The van der Waals surface area contributed by atoms with Crippen molar-refractivity contribution < 1.29 is 38.3 Å². The summed E-state index contributed by atoms with van der Waals surface area (Å²) in [6.07, 6.45) is -7.02. The largest absolute Gasteiger partial charge is 0.462 e. The van der Waals surface area contributed by atoms with Crippen molar-refractivity contribution in [2.75, 3.05) is 6.61 Å². The summed E-state index contributed by atoms with van der Waals surface area (Å²) in [4.78, 5) is 0.234. The first-order valence-corrected chi connectivity index (χ1v) is 10.1. The van der Waals surface area contributed by atoms with Gasteiger partial charge in [-0.1, -0.05) is 17.7 Å². The molecule has 0 radical (unpaired) electrons. The highest BCUT2D eigenvalue weighted by atomic mass is 32.2. The fourth-order valence-corrected chi connectivity index (χ4v) is 4.11. The molecule has 2 aromatic carbocycles. The van der Waals surface area contributed by atoms with Crippen molar-refractivity contribution in [1.82, 2.24) is 0 Å². The van der Waals surface area contributed by atoms with Crippen LogP contribution >= 0.6 is 0 Å². The summed E-state index contributed by atoms with van der Waals surface area (Å²) in [5.41, 5.74) is 0.947. The smallest absolute Gasteiger partial charge is 0.229 e. The van der Waals surface area contributed by atoms with E-state index in [9.17, 15) is 28.8 Å². The van der Waals surface area contributed by atoms with E-state index in [1.54, 1.807) is 12.1 Å². The van der Waals surface area contributed by atoms with Crippen LogP contribution in [0, 0.1) is 6.92 Å². The van der Waals surface area contributed by atoms with E-state index >= 15 is 0 Å². The van der Waals surface area contributed by atoms with Gasteiger partial charge in [0.1, 0.15) is 30.2 Å². The highest BCUT2D eigenvalue weighted by molar-refractivity contribution is 7.91. The van der Waals surface area contributed by atoms with Crippen LogP contribution in [0.5, 0.6) is 5.75 Å². The Bertz CT molecular complexity index is 893. The SMILES string of the molecule is Cc1ccc(S(=O)(=O)c2ccc(O[C@H]3O[C@H](CO)[C@@H](O)[C@H](O)[C@H]3O)cc2)cc1. The molecule has 1 fully saturated rings. The second-order valence-electron chi connectivity index (χ2n) is 6.60. The Morgan fingerprint density at radius 1 is 0.893 bits per heavy atom. The second kappa shape index (κ2) is 8.16. The molecule has 0 aromatic heterocycles. The Kier molecular flexibility index (Phi) is 6.04. The molecule has 0 unspecified atom stereocenters. The topological polar surface area (TPSA) is 134 Å². The number of hydrogen-bond donors (Lipinski definition) is 4. The second-order valence-corrected chi connectivity index (χ2v) is 8.55. The molecule has 3 rings (SSSR count). The van der Waals surface area contributed by atoms with Gasteiger partial charge in [-0.25, -0.2) is 8.42 Å². The van der Waals surface area contributed by atoms with Gasteiger partial charge < -0.3 is 29.9 Å². The molecular formula is C19H22O8S. The van der Waals surface area contributed by atoms with Crippen molar-refractivity contribution in [3.63, 3.8) is 0 Å². The first kappa shape index (κ1) is 20.7. The molecule has 4 N–H and O–H groups in total. The van der Waals surface area contributed by atoms with Gasteiger partial charge in [0.25, 0.3) is 0 Å². The van der Waals surface area contributed by atoms with Gasteiger partial charge in [-0.2, -0.15) is 0 Å². The predicted molar refractivity (Wildman–Crippen MR) is 97.5 cm³/mol. The lowest BCUT2D eigenvalue weighted by molar-refractivity contribution is -0.277. The van der Waals surface area contributed by atoms with Gasteiger partial charge in [-0.05, 0) is 43.3 Å². The number of sulfone groups is 1. The first-order valence-electron chi connectivity index (χ1n) is 8.63. The number of ether oxygens (including phenoxy) is 2. The van der Waals surface area contributed by atoms with E-state index < -0.39 is 47.2 Å². The number of benzene rings is 2. The number of rotatable bonds is 5. The van der Waals surface area contributed by atoms with E-state index in [4.69, 9.17) is 9.47 Å². The number of aliphatic hydroxyl groups excluding tert-OH is 4. The van der Waals surface area contributed by atoms with E-state index in [-0.39, 0.29) is 15.5 Å². The lowest BCUT2D eigenvalue weighted by Gasteiger charge is -2.39. The molecule has 0 saturated carbocycles. The summed E-state index contributed by atoms with van der Waals surface area (Å²) in [6.45, 7) is 1.29. The average molecular weight is 410 g/mol. The van der Waals surface area contributed by atoms with Gasteiger partial charge in [0.2, 0.25) is 16.1 Å². The highest BCUT2D eigenvalue weighted by Gasteiger charge is 2.44. The molecule has 0 aliphatic carbocycles. The molecular weight excluding hydrogens is 388 g/mol. The molecule has 152 valence electrons. The summed E-state index contributed by atoms with van der Waals surface area (Å²) < 4.78 is 36.1. The van der Waals surface area contributed by atoms with Crippen molar-refractivity contribution in [2.45, 2.75) is 47.4 Å². The van der Waals surface area contributed by atoms with Crippen LogP contribution in [0.2, 0.25) is 0 Å². The van der Waals surface area contributed by atoms with E-state index in [1.165, 1.54) is 36.4 Å². The van der Waals surface area contributed by atoms with Gasteiger partial charge in [-0.3, -0.25) is 0 Å². The van der Waals surface area contributed by atoms with E-state index in [0.717, 1.165) is 5.56 Å². The Balaban J connectivity index is 1.76. The molecule has 1 saturated heterocycles. The lowest BCUT2D eigenvalue weighted by Crippen LogP contribution is -2.60. The van der Waals surface area contributed by atoms with Crippen LogP contribution in [0.25, 0.3) is 0 Å². The molecule has 28 heavy (non-hydrogen) atoms. The molecule has 0 spiro atoms.